The van der Waals surface area contributed by atoms with Crippen molar-refractivity contribution in [2.24, 2.45) is 23.7 Å². The number of fused-ring (bicyclic) bond motifs is 2. The maximum Gasteiger partial charge on any atom is 0.418 e. The van der Waals surface area contributed by atoms with Gasteiger partial charge in [0, 0.05) is 0 Å². The fourth-order valence-electron chi connectivity index (χ4n) is 3.57. The van der Waals surface area contributed by atoms with Crippen LogP contribution >= 0.6 is 0 Å². The second-order valence-electron chi connectivity index (χ2n) is 5.87. The molecule has 4 nitrogen and oxygen atoms in total. The molecule has 1 fully saturated rings. The van der Waals surface area contributed by atoms with Crippen LogP contribution < -0.4 is 5.32 Å². The molecule has 2 aliphatic carbocycles. The highest BCUT2D eigenvalue weighted by Gasteiger charge is 2.51. The highest BCUT2D eigenvalue weighted by atomic mass is 19.4. The van der Waals surface area contributed by atoms with Crippen LogP contribution in [0.4, 0.5) is 18.9 Å². The third kappa shape index (κ3) is 2.71. The summed E-state index contributed by atoms with van der Waals surface area (Å²) in [4.78, 5) is 23.8. The van der Waals surface area contributed by atoms with Crippen molar-refractivity contribution in [2.45, 2.75) is 12.6 Å². The number of allylic oxidation sites excluding steroid dienone is 2. The Morgan fingerprint density at radius 1 is 1.09 bits per heavy atom. The average molecular weight is 325 g/mol. The maximum atomic E-state index is 13.0. The van der Waals surface area contributed by atoms with Gasteiger partial charge >= 0.3 is 12.1 Å². The summed E-state index contributed by atoms with van der Waals surface area (Å²) in [6, 6.07) is 4.67. The smallest absolute Gasteiger partial charge is 0.418 e. The standard InChI is InChI=1S/C16H14F3NO3/c17-16(18,19)10-3-1-2-4-11(10)20-14(21)12-8-5-6-9(7-8)13(12)15(22)23/h1-6,8-9,12-13H,7H2,(H,20,21)(H,22,23)/t8-,9-,12-,13-/m0/s1. The molecule has 0 radical (unpaired) electrons. The first-order valence-corrected chi connectivity index (χ1v) is 7.17. The van der Waals surface area contributed by atoms with Gasteiger partial charge in [0.15, 0.2) is 0 Å². The fourth-order valence-corrected chi connectivity index (χ4v) is 3.57. The number of benzene rings is 1. The molecule has 3 rings (SSSR count). The van der Waals surface area contributed by atoms with Gasteiger partial charge in [0.05, 0.1) is 23.1 Å². The van der Waals surface area contributed by atoms with Crippen LogP contribution in [0, 0.1) is 23.7 Å². The monoisotopic (exact) mass is 325 g/mol. The summed E-state index contributed by atoms with van der Waals surface area (Å²) in [5.74, 6) is -3.96. The third-order valence-electron chi connectivity index (χ3n) is 4.54. The van der Waals surface area contributed by atoms with Crippen molar-refractivity contribution in [3.63, 3.8) is 0 Å². The summed E-state index contributed by atoms with van der Waals surface area (Å²) in [5.41, 5.74) is -1.29. The van der Waals surface area contributed by atoms with Gasteiger partial charge < -0.3 is 10.4 Å². The van der Waals surface area contributed by atoms with Crippen molar-refractivity contribution < 1.29 is 27.9 Å². The molecule has 1 aromatic rings. The van der Waals surface area contributed by atoms with E-state index in [0.717, 1.165) is 6.07 Å². The van der Waals surface area contributed by atoms with E-state index in [1.165, 1.54) is 18.2 Å². The van der Waals surface area contributed by atoms with Gasteiger partial charge in [0.25, 0.3) is 0 Å². The van der Waals surface area contributed by atoms with Gasteiger partial charge in [-0.05, 0) is 30.4 Å². The summed E-state index contributed by atoms with van der Waals surface area (Å²) in [7, 11) is 0. The van der Waals surface area contributed by atoms with Crippen LogP contribution in [0.2, 0.25) is 0 Å². The Balaban J connectivity index is 1.86. The number of anilines is 1. The van der Waals surface area contributed by atoms with Crippen LogP contribution in [0.15, 0.2) is 36.4 Å². The normalized spacial score (nSPS) is 28.8. The number of rotatable bonds is 3. The van der Waals surface area contributed by atoms with Gasteiger partial charge in [-0.15, -0.1) is 0 Å². The summed E-state index contributed by atoms with van der Waals surface area (Å²) < 4.78 is 38.9. The molecule has 0 heterocycles. The summed E-state index contributed by atoms with van der Waals surface area (Å²) in [5, 5.41) is 11.6. The van der Waals surface area contributed by atoms with Crippen molar-refractivity contribution in [1.82, 2.24) is 0 Å². The van der Waals surface area contributed by atoms with Crippen molar-refractivity contribution in [3.8, 4) is 0 Å². The third-order valence-corrected chi connectivity index (χ3v) is 4.54. The predicted molar refractivity (Wildman–Crippen MR) is 75.4 cm³/mol. The van der Waals surface area contributed by atoms with Crippen LogP contribution in [0.5, 0.6) is 0 Å². The van der Waals surface area contributed by atoms with Gasteiger partial charge in [-0.2, -0.15) is 13.2 Å². The van der Waals surface area contributed by atoms with E-state index in [9.17, 15) is 27.9 Å². The van der Waals surface area contributed by atoms with Gasteiger partial charge in [-0.1, -0.05) is 24.3 Å². The first-order valence-electron chi connectivity index (χ1n) is 7.17. The average Bonchev–Trinajstić information content (AvgIpc) is 3.07. The molecular formula is C16H14F3NO3. The number of halogens is 3. The van der Waals surface area contributed by atoms with Gasteiger partial charge in [0.2, 0.25) is 5.91 Å². The lowest BCUT2D eigenvalue weighted by molar-refractivity contribution is -0.147. The lowest BCUT2D eigenvalue weighted by atomic mass is 9.82. The zero-order valence-corrected chi connectivity index (χ0v) is 11.9. The van der Waals surface area contributed by atoms with Crippen LogP contribution in [0.3, 0.4) is 0 Å². The summed E-state index contributed by atoms with van der Waals surface area (Å²) in [6.45, 7) is 0. The SMILES string of the molecule is O=C(O)[C@@H]1[C@@H](C(=O)Nc2ccccc2C(F)(F)F)[C@H]2C=C[C@H]1C2. The first kappa shape index (κ1) is 15.6. The number of carbonyl (C=O) groups is 2. The number of para-hydroxylation sites is 1. The highest BCUT2D eigenvalue weighted by Crippen LogP contribution is 2.48. The van der Waals surface area contributed by atoms with E-state index in [1.54, 1.807) is 12.2 Å². The number of hydrogen-bond donors (Lipinski definition) is 2. The Kier molecular flexibility index (Phi) is 3.66. The number of carbonyl (C=O) groups excluding carboxylic acids is 1. The molecule has 7 heteroatoms. The van der Waals surface area contributed by atoms with Crippen molar-refractivity contribution in [1.29, 1.82) is 0 Å². The summed E-state index contributed by atoms with van der Waals surface area (Å²) in [6.07, 6.45) is -0.485. The number of carboxylic acids is 1. The fraction of sp³-hybridized carbons (Fsp3) is 0.375. The molecule has 2 bridgehead atoms. The lowest BCUT2D eigenvalue weighted by Crippen LogP contribution is -2.36. The molecule has 0 spiro atoms. The van der Waals surface area contributed by atoms with Gasteiger partial charge in [0.1, 0.15) is 0 Å². The highest BCUT2D eigenvalue weighted by molar-refractivity contribution is 5.97. The Labute approximate surface area is 130 Å². The summed E-state index contributed by atoms with van der Waals surface area (Å²) >= 11 is 0. The molecule has 1 aromatic carbocycles. The number of nitrogens with one attached hydrogen (secondary N) is 1. The molecular weight excluding hydrogens is 311 g/mol. The van der Waals surface area contributed by atoms with E-state index in [1.807, 2.05) is 0 Å². The number of carboxylic acid groups (broad SMARTS) is 1. The Morgan fingerprint density at radius 3 is 2.30 bits per heavy atom. The molecule has 2 aliphatic rings. The Hall–Kier alpha value is -2.31. The van der Waals surface area contributed by atoms with Crippen molar-refractivity contribution in [3.05, 3.63) is 42.0 Å². The predicted octanol–water partition coefficient (Wildman–Crippen LogP) is 3.17. The zero-order chi connectivity index (χ0) is 16.8. The minimum Gasteiger partial charge on any atom is -0.481 e. The van der Waals surface area contributed by atoms with Crippen molar-refractivity contribution in [2.75, 3.05) is 5.32 Å². The molecule has 0 aliphatic heterocycles. The molecule has 4 atom stereocenters. The van der Waals surface area contributed by atoms with E-state index >= 15 is 0 Å². The van der Waals surface area contributed by atoms with E-state index in [0.29, 0.717) is 6.42 Å². The largest absolute Gasteiger partial charge is 0.481 e. The van der Waals surface area contributed by atoms with E-state index < -0.39 is 35.5 Å². The van der Waals surface area contributed by atoms with Crippen LogP contribution in [0.25, 0.3) is 0 Å². The Bertz CT molecular complexity index is 683. The van der Waals surface area contributed by atoms with E-state index in [2.05, 4.69) is 5.32 Å². The van der Waals surface area contributed by atoms with E-state index in [4.69, 9.17) is 0 Å². The van der Waals surface area contributed by atoms with E-state index in [-0.39, 0.29) is 17.5 Å². The van der Waals surface area contributed by atoms with Crippen molar-refractivity contribution >= 4 is 17.6 Å². The molecule has 0 unspecified atom stereocenters. The quantitative estimate of drug-likeness (QED) is 0.839. The molecule has 1 amide bonds. The molecule has 2 N–H and O–H groups in total. The van der Waals surface area contributed by atoms with Gasteiger partial charge in [-0.3, -0.25) is 9.59 Å². The molecule has 0 aromatic heterocycles. The first-order chi connectivity index (χ1) is 10.8. The lowest BCUT2D eigenvalue weighted by Gasteiger charge is -2.24. The topological polar surface area (TPSA) is 66.4 Å². The molecule has 0 saturated heterocycles. The molecule has 1 saturated carbocycles. The molecule has 23 heavy (non-hydrogen) atoms. The number of aliphatic carboxylic acids is 1. The Morgan fingerprint density at radius 2 is 1.70 bits per heavy atom. The van der Waals surface area contributed by atoms with Crippen LogP contribution in [0.1, 0.15) is 12.0 Å². The minimum atomic E-state index is -4.59. The van der Waals surface area contributed by atoms with Crippen LogP contribution in [-0.4, -0.2) is 17.0 Å². The van der Waals surface area contributed by atoms with Crippen LogP contribution in [-0.2, 0) is 15.8 Å². The molecule has 122 valence electrons. The number of amides is 1. The number of alkyl halides is 3. The van der Waals surface area contributed by atoms with Gasteiger partial charge in [-0.25, -0.2) is 0 Å². The second-order valence-corrected chi connectivity index (χ2v) is 5.87. The zero-order valence-electron chi connectivity index (χ0n) is 11.9. The second kappa shape index (κ2) is 5.40. The number of hydrogen-bond acceptors (Lipinski definition) is 2. The minimum absolute atomic E-state index is 0.230. The maximum absolute atomic E-state index is 13.0.